The van der Waals surface area contributed by atoms with Crippen LogP contribution in [0, 0.1) is 5.41 Å². The van der Waals surface area contributed by atoms with Crippen molar-refractivity contribution in [1.29, 1.82) is 0 Å². The number of urea groups is 1. The van der Waals surface area contributed by atoms with Gasteiger partial charge in [-0.2, -0.15) is 0 Å². The maximum absolute atomic E-state index is 11.6. The number of nitrogens with one attached hydrogen (secondary N) is 2. The van der Waals surface area contributed by atoms with Gasteiger partial charge >= 0.3 is 12.0 Å². The van der Waals surface area contributed by atoms with Gasteiger partial charge in [0.15, 0.2) is 0 Å². The summed E-state index contributed by atoms with van der Waals surface area (Å²) in [4.78, 5) is 22.4. The van der Waals surface area contributed by atoms with Gasteiger partial charge in [0.25, 0.3) is 0 Å². The molecule has 0 bridgehead atoms. The molecule has 0 heterocycles. The van der Waals surface area contributed by atoms with Gasteiger partial charge in [0, 0.05) is 12.6 Å². The highest BCUT2D eigenvalue weighted by atomic mass is 32.2. The van der Waals surface area contributed by atoms with Crippen LogP contribution in [-0.4, -0.2) is 43.9 Å². The van der Waals surface area contributed by atoms with Crippen molar-refractivity contribution in [2.45, 2.75) is 39.7 Å². The molecule has 20 heavy (non-hydrogen) atoms. The predicted molar refractivity (Wildman–Crippen MR) is 74.6 cm³/mol. The van der Waals surface area contributed by atoms with E-state index in [1.54, 1.807) is 0 Å². The molecule has 0 aromatic rings. The number of amides is 2. The highest BCUT2D eigenvalue weighted by Crippen LogP contribution is 2.21. The summed E-state index contributed by atoms with van der Waals surface area (Å²) >= 11 is 0. The van der Waals surface area contributed by atoms with E-state index in [-0.39, 0.29) is 25.1 Å². The number of hydrogen-bond donors (Lipinski definition) is 4. The number of carbonyl (C=O) groups excluding carboxylic acids is 1. The van der Waals surface area contributed by atoms with E-state index in [2.05, 4.69) is 10.6 Å². The van der Waals surface area contributed by atoms with E-state index in [9.17, 15) is 18.0 Å². The van der Waals surface area contributed by atoms with Crippen molar-refractivity contribution < 1.29 is 23.1 Å². The van der Waals surface area contributed by atoms with Gasteiger partial charge in [-0.25, -0.2) is 18.4 Å². The Morgan fingerprint density at radius 3 is 2.25 bits per heavy atom. The fraction of sp³-hybridized carbons (Fsp3) is 0.818. The third kappa shape index (κ3) is 9.56. The van der Waals surface area contributed by atoms with Crippen molar-refractivity contribution in [3.63, 3.8) is 0 Å². The lowest BCUT2D eigenvalue weighted by atomic mass is 9.85. The first kappa shape index (κ1) is 18.7. The van der Waals surface area contributed by atoms with Gasteiger partial charge in [0.2, 0.25) is 10.0 Å². The summed E-state index contributed by atoms with van der Waals surface area (Å²) in [7, 11) is -3.53. The van der Waals surface area contributed by atoms with Crippen LogP contribution in [0.3, 0.4) is 0 Å². The monoisotopic (exact) mass is 309 g/mol. The first-order valence-corrected chi connectivity index (χ1v) is 7.90. The quantitative estimate of drug-likeness (QED) is 0.484. The first-order chi connectivity index (χ1) is 8.92. The Balaban J connectivity index is 4.24. The van der Waals surface area contributed by atoms with Crippen molar-refractivity contribution in [3.8, 4) is 0 Å². The predicted octanol–water partition coefficient (Wildman–Crippen LogP) is -0.146. The Morgan fingerprint density at radius 1 is 1.30 bits per heavy atom. The van der Waals surface area contributed by atoms with Crippen molar-refractivity contribution in [1.82, 2.24) is 10.6 Å². The maximum Gasteiger partial charge on any atom is 0.315 e. The van der Waals surface area contributed by atoms with Crippen LogP contribution >= 0.6 is 0 Å². The highest BCUT2D eigenvalue weighted by Gasteiger charge is 2.28. The molecule has 0 aliphatic rings. The zero-order valence-corrected chi connectivity index (χ0v) is 12.8. The number of carboxylic acid groups (broad SMARTS) is 1. The molecule has 9 heteroatoms. The molecule has 0 aliphatic carbocycles. The summed E-state index contributed by atoms with van der Waals surface area (Å²) < 4.78 is 21.4. The largest absolute Gasteiger partial charge is 0.481 e. The molecule has 0 saturated carbocycles. The van der Waals surface area contributed by atoms with Gasteiger partial charge in [-0.1, -0.05) is 20.8 Å². The molecular formula is C11H23N3O5S. The lowest BCUT2D eigenvalue weighted by Gasteiger charge is -2.30. The average molecular weight is 309 g/mol. The van der Waals surface area contributed by atoms with E-state index in [1.807, 2.05) is 20.8 Å². The van der Waals surface area contributed by atoms with Gasteiger partial charge in [0.1, 0.15) is 0 Å². The van der Waals surface area contributed by atoms with E-state index in [0.29, 0.717) is 0 Å². The van der Waals surface area contributed by atoms with Gasteiger partial charge in [-0.3, -0.25) is 4.79 Å². The average Bonchev–Trinajstić information content (AvgIpc) is 2.20. The number of hydrogen-bond acceptors (Lipinski definition) is 4. The molecule has 5 N–H and O–H groups in total. The summed E-state index contributed by atoms with van der Waals surface area (Å²) in [6, 6.07) is -1.06. The second-order valence-electron chi connectivity index (χ2n) is 5.64. The number of sulfonamides is 1. The molecule has 2 amide bonds. The summed E-state index contributed by atoms with van der Waals surface area (Å²) in [6.45, 7) is 5.61. The first-order valence-electron chi connectivity index (χ1n) is 6.18. The Labute approximate surface area is 119 Å². The van der Waals surface area contributed by atoms with Crippen LogP contribution in [0.2, 0.25) is 0 Å². The van der Waals surface area contributed by atoms with Gasteiger partial charge < -0.3 is 15.7 Å². The fourth-order valence-corrected chi connectivity index (χ4v) is 1.98. The normalized spacial score (nSPS) is 13.6. The molecule has 0 fully saturated rings. The topological polar surface area (TPSA) is 139 Å². The summed E-state index contributed by atoms with van der Waals surface area (Å²) in [5, 5.41) is 18.7. The van der Waals surface area contributed by atoms with Crippen LogP contribution < -0.4 is 15.8 Å². The second kappa shape index (κ2) is 7.44. The Kier molecular flexibility index (Phi) is 6.94. The smallest absolute Gasteiger partial charge is 0.315 e. The summed E-state index contributed by atoms with van der Waals surface area (Å²) in [6.07, 6.45) is 0.0134. The summed E-state index contributed by atoms with van der Waals surface area (Å²) in [5.41, 5.74) is -0.406. The van der Waals surface area contributed by atoms with E-state index in [4.69, 9.17) is 10.2 Å². The zero-order chi connectivity index (χ0) is 16.0. The third-order valence-electron chi connectivity index (χ3n) is 2.62. The SMILES string of the molecule is CC(C)(C)C(CC(=O)O)NC(=O)NCCCS(N)(=O)=O. The number of rotatable bonds is 7. The molecule has 0 radical (unpaired) electrons. The van der Waals surface area contributed by atoms with Crippen LogP contribution in [0.15, 0.2) is 0 Å². The molecular weight excluding hydrogens is 286 g/mol. The Morgan fingerprint density at radius 2 is 1.85 bits per heavy atom. The van der Waals surface area contributed by atoms with Crippen LogP contribution in [0.25, 0.3) is 0 Å². The number of carbonyl (C=O) groups is 2. The third-order valence-corrected chi connectivity index (χ3v) is 3.48. The standard InChI is InChI=1S/C11H23N3O5S/c1-11(2,3)8(7-9(15)16)14-10(17)13-5-4-6-20(12,18)19/h8H,4-7H2,1-3H3,(H,15,16)(H2,12,18,19)(H2,13,14,17). The molecule has 118 valence electrons. The van der Waals surface area contributed by atoms with E-state index >= 15 is 0 Å². The number of aliphatic carboxylic acids is 1. The lowest BCUT2D eigenvalue weighted by molar-refractivity contribution is -0.138. The molecule has 0 spiro atoms. The zero-order valence-electron chi connectivity index (χ0n) is 12.0. The minimum absolute atomic E-state index is 0.145. The van der Waals surface area contributed by atoms with Crippen LogP contribution in [0.1, 0.15) is 33.6 Å². The lowest BCUT2D eigenvalue weighted by Crippen LogP contribution is -2.49. The van der Waals surface area contributed by atoms with Gasteiger partial charge in [-0.15, -0.1) is 0 Å². The van der Waals surface area contributed by atoms with Crippen LogP contribution in [0.4, 0.5) is 4.79 Å². The van der Waals surface area contributed by atoms with E-state index in [0.717, 1.165) is 0 Å². The molecule has 0 aliphatic heterocycles. The van der Waals surface area contributed by atoms with Crippen molar-refractivity contribution >= 4 is 22.0 Å². The second-order valence-corrected chi connectivity index (χ2v) is 7.37. The molecule has 0 aromatic heterocycles. The van der Waals surface area contributed by atoms with E-state index in [1.165, 1.54) is 0 Å². The molecule has 1 unspecified atom stereocenters. The molecule has 0 rings (SSSR count). The molecule has 8 nitrogen and oxygen atoms in total. The van der Waals surface area contributed by atoms with Crippen LogP contribution in [0.5, 0.6) is 0 Å². The van der Waals surface area contributed by atoms with Crippen molar-refractivity contribution in [3.05, 3.63) is 0 Å². The fourth-order valence-electron chi connectivity index (χ4n) is 1.43. The van der Waals surface area contributed by atoms with Crippen LogP contribution in [-0.2, 0) is 14.8 Å². The Bertz CT molecular complexity index is 441. The molecule has 0 aromatic carbocycles. The minimum atomic E-state index is -3.53. The van der Waals surface area contributed by atoms with Crippen molar-refractivity contribution in [2.75, 3.05) is 12.3 Å². The maximum atomic E-state index is 11.6. The van der Waals surface area contributed by atoms with Gasteiger partial charge in [-0.05, 0) is 11.8 Å². The molecule has 1 atom stereocenters. The molecule has 0 saturated heterocycles. The van der Waals surface area contributed by atoms with E-state index < -0.39 is 33.5 Å². The summed E-state index contributed by atoms with van der Waals surface area (Å²) in [5.74, 6) is -1.22. The number of nitrogens with two attached hydrogens (primary N) is 1. The highest BCUT2D eigenvalue weighted by molar-refractivity contribution is 7.89. The minimum Gasteiger partial charge on any atom is -0.481 e. The van der Waals surface area contributed by atoms with Crippen molar-refractivity contribution in [2.24, 2.45) is 10.6 Å². The van der Waals surface area contributed by atoms with Gasteiger partial charge in [0.05, 0.1) is 12.2 Å². The Hall–Kier alpha value is -1.35. The number of carboxylic acids is 1. The number of primary sulfonamides is 1.